The second kappa shape index (κ2) is 10.2. The van der Waals surface area contributed by atoms with E-state index in [1.54, 1.807) is 29.5 Å². The Morgan fingerprint density at radius 2 is 1.94 bits per heavy atom. The molecule has 1 unspecified atom stereocenters. The van der Waals surface area contributed by atoms with Crippen molar-refractivity contribution in [2.75, 3.05) is 55.3 Å². The summed E-state index contributed by atoms with van der Waals surface area (Å²) in [7, 11) is -3.42. The minimum absolute atomic E-state index is 0.0299. The third kappa shape index (κ3) is 5.72. The molecule has 9 nitrogen and oxygen atoms in total. The van der Waals surface area contributed by atoms with E-state index >= 15 is 0 Å². The molecule has 3 heterocycles. The van der Waals surface area contributed by atoms with Gasteiger partial charge in [0.1, 0.15) is 0 Å². The lowest BCUT2D eigenvalue weighted by Gasteiger charge is -2.34. The van der Waals surface area contributed by atoms with Gasteiger partial charge in [-0.25, -0.2) is 8.42 Å². The SMILES string of the molecule is CS(=O)(=O)N1CCCc2ccc(NC(=O)C(=O)NCC(c3cccs3)N3CCOCC3)cc21. The number of benzene rings is 1. The summed E-state index contributed by atoms with van der Waals surface area (Å²) in [6, 6.07) is 9.07. The molecule has 1 aromatic heterocycles. The molecule has 2 N–H and O–H groups in total. The van der Waals surface area contributed by atoms with Gasteiger partial charge in [0, 0.05) is 36.7 Å². The zero-order chi connectivity index (χ0) is 23.4. The van der Waals surface area contributed by atoms with E-state index in [2.05, 4.69) is 15.5 Å². The third-order valence-electron chi connectivity index (χ3n) is 5.84. The Hall–Kier alpha value is -2.47. The number of rotatable bonds is 6. The highest BCUT2D eigenvalue weighted by molar-refractivity contribution is 7.92. The number of fused-ring (bicyclic) bond motifs is 1. The molecule has 33 heavy (non-hydrogen) atoms. The summed E-state index contributed by atoms with van der Waals surface area (Å²) in [5.41, 5.74) is 1.83. The second-order valence-corrected chi connectivity index (χ2v) is 11.0. The highest BCUT2D eigenvalue weighted by Gasteiger charge is 2.27. The maximum absolute atomic E-state index is 12.5. The first-order chi connectivity index (χ1) is 15.8. The van der Waals surface area contributed by atoms with E-state index < -0.39 is 21.8 Å². The molecule has 4 rings (SSSR count). The number of carbonyl (C=O) groups is 2. The number of ether oxygens (including phenoxy) is 1. The number of anilines is 2. The van der Waals surface area contributed by atoms with Crippen molar-refractivity contribution >= 4 is 44.5 Å². The molecule has 11 heteroatoms. The van der Waals surface area contributed by atoms with Crippen molar-refractivity contribution in [3.8, 4) is 0 Å². The summed E-state index contributed by atoms with van der Waals surface area (Å²) in [4.78, 5) is 28.5. The first-order valence-corrected chi connectivity index (χ1v) is 13.6. The summed E-state index contributed by atoms with van der Waals surface area (Å²) in [6.45, 7) is 3.50. The van der Waals surface area contributed by atoms with Crippen LogP contribution in [0.15, 0.2) is 35.7 Å². The van der Waals surface area contributed by atoms with Crippen LogP contribution >= 0.6 is 11.3 Å². The zero-order valence-corrected chi connectivity index (χ0v) is 20.1. The third-order valence-corrected chi connectivity index (χ3v) is 7.99. The summed E-state index contributed by atoms with van der Waals surface area (Å²) in [6.07, 6.45) is 2.67. The molecule has 1 fully saturated rings. The standard InChI is InChI=1S/C22H28N4O5S2/c1-33(29,30)26-8-2-4-16-6-7-17(14-18(16)26)24-22(28)21(27)23-15-19(20-5-3-13-32-20)25-9-11-31-12-10-25/h3,5-7,13-14,19H,2,4,8-12,15H2,1H3,(H,23,27)(H,24,28). The smallest absolute Gasteiger partial charge is 0.313 e. The first-order valence-electron chi connectivity index (χ1n) is 10.9. The van der Waals surface area contributed by atoms with Crippen LogP contribution in [0.3, 0.4) is 0 Å². The number of hydrogen-bond donors (Lipinski definition) is 2. The second-order valence-electron chi connectivity index (χ2n) is 8.13. The van der Waals surface area contributed by atoms with Crippen LogP contribution in [0.5, 0.6) is 0 Å². The van der Waals surface area contributed by atoms with Crippen LogP contribution in [0.1, 0.15) is 22.9 Å². The average molecular weight is 493 g/mol. The average Bonchev–Trinajstić information content (AvgIpc) is 3.33. The number of morpholine rings is 1. The molecule has 0 radical (unpaired) electrons. The highest BCUT2D eigenvalue weighted by atomic mass is 32.2. The summed E-state index contributed by atoms with van der Waals surface area (Å²) in [5, 5.41) is 7.34. The van der Waals surface area contributed by atoms with Gasteiger partial charge in [-0.05, 0) is 42.0 Å². The van der Waals surface area contributed by atoms with Gasteiger partial charge in [0.15, 0.2) is 0 Å². The Morgan fingerprint density at radius 1 is 1.15 bits per heavy atom. The number of aryl methyl sites for hydroxylation is 1. The van der Waals surface area contributed by atoms with Crippen LogP contribution in [-0.4, -0.2) is 70.8 Å². The van der Waals surface area contributed by atoms with Gasteiger partial charge < -0.3 is 15.4 Å². The number of amides is 2. The van der Waals surface area contributed by atoms with Crippen molar-refractivity contribution in [3.05, 3.63) is 46.2 Å². The molecule has 2 aromatic rings. The molecular weight excluding hydrogens is 464 g/mol. The van der Waals surface area contributed by atoms with Crippen molar-refractivity contribution in [1.29, 1.82) is 0 Å². The van der Waals surface area contributed by atoms with E-state index in [4.69, 9.17) is 4.74 Å². The molecule has 2 amide bonds. The molecule has 0 aliphatic carbocycles. The van der Waals surface area contributed by atoms with Crippen LogP contribution in [0.4, 0.5) is 11.4 Å². The van der Waals surface area contributed by atoms with E-state index in [1.165, 1.54) is 10.6 Å². The van der Waals surface area contributed by atoms with Crippen LogP contribution in [0, 0.1) is 0 Å². The van der Waals surface area contributed by atoms with Gasteiger partial charge >= 0.3 is 11.8 Å². The largest absolute Gasteiger partial charge is 0.379 e. The van der Waals surface area contributed by atoms with Gasteiger partial charge in [-0.3, -0.25) is 18.8 Å². The molecule has 2 aliphatic rings. The van der Waals surface area contributed by atoms with Gasteiger partial charge in [0.2, 0.25) is 10.0 Å². The molecule has 0 saturated carbocycles. The van der Waals surface area contributed by atoms with Crippen molar-refractivity contribution < 1.29 is 22.7 Å². The van der Waals surface area contributed by atoms with E-state index in [-0.39, 0.29) is 6.04 Å². The number of nitrogens with zero attached hydrogens (tertiary/aromatic N) is 2. The Kier molecular flexibility index (Phi) is 7.32. The Balaban J connectivity index is 1.41. The summed E-state index contributed by atoms with van der Waals surface area (Å²) >= 11 is 1.61. The fourth-order valence-electron chi connectivity index (χ4n) is 4.20. The molecule has 0 bridgehead atoms. The van der Waals surface area contributed by atoms with Crippen LogP contribution in [0.2, 0.25) is 0 Å². The van der Waals surface area contributed by atoms with E-state index in [0.717, 1.165) is 36.4 Å². The quantitative estimate of drug-likeness (QED) is 0.593. The number of sulfonamides is 1. The maximum atomic E-state index is 12.5. The Labute approximate surface area is 197 Å². The predicted molar refractivity (Wildman–Crippen MR) is 128 cm³/mol. The van der Waals surface area contributed by atoms with Crippen LogP contribution in [-0.2, 0) is 30.8 Å². The number of hydrogen-bond acceptors (Lipinski definition) is 7. The Bertz CT molecular complexity index is 1100. The number of carbonyl (C=O) groups excluding carboxylic acids is 2. The summed E-state index contributed by atoms with van der Waals surface area (Å²) in [5.74, 6) is -1.52. The first kappa shape index (κ1) is 23.7. The number of thiophene rings is 1. The van der Waals surface area contributed by atoms with E-state index in [9.17, 15) is 18.0 Å². The van der Waals surface area contributed by atoms with E-state index in [0.29, 0.717) is 37.7 Å². The zero-order valence-electron chi connectivity index (χ0n) is 18.5. The topological polar surface area (TPSA) is 108 Å². The van der Waals surface area contributed by atoms with E-state index in [1.807, 2.05) is 17.5 Å². The normalized spacial score (nSPS) is 17.8. The lowest BCUT2D eigenvalue weighted by Crippen LogP contribution is -2.45. The van der Waals surface area contributed by atoms with Crippen molar-refractivity contribution in [2.24, 2.45) is 0 Å². The molecule has 1 saturated heterocycles. The van der Waals surface area contributed by atoms with Gasteiger partial charge in [0.05, 0.1) is 31.2 Å². The molecule has 2 aliphatic heterocycles. The lowest BCUT2D eigenvalue weighted by atomic mass is 10.0. The van der Waals surface area contributed by atoms with Crippen LogP contribution < -0.4 is 14.9 Å². The molecule has 1 atom stereocenters. The van der Waals surface area contributed by atoms with Gasteiger partial charge in [0.25, 0.3) is 0 Å². The lowest BCUT2D eigenvalue weighted by molar-refractivity contribution is -0.136. The number of nitrogens with one attached hydrogen (secondary N) is 2. The van der Waals surface area contributed by atoms with Gasteiger partial charge in [-0.1, -0.05) is 12.1 Å². The molecule has 1 aromatic carbocycles. The highest BCUT2D eigenvalue weighted by Crippen LogP contribution is 2.31. The molecule has 0 spiro atoms. The van der Waals surface area contributed by atoms with Gasteiger partial charge in [-0.2, -0.15) is 0 Å². The Morgan fingerprint density at radius 3 is 2.64 bits per heavy atom. The van der Waals surface area contributed by atoms with Crippen molar-refractivity contribution in [1.82, 2.24) is 10.2 Å². The molecular formula is C22H28N4O5S2. The minimum atomic E-state index is -3.42. The minimum Gasteiger partial charge on any atom is -0.379 e. The van der Waals surface area contributed by atoms with Crippen LogP contribution in [0.25, 0.3) is 0 Å². The van der Waals surface area contributed by atoms with Gasteiger partial charge in [-0.15, -0.1) is 11.3 Å². The monoisotopic (exact) mass is 492 g/mol. The van der Waals surface area contributed by atoms with Crippen molar-refractivity contribution in [2.45, 2.75) is 18.9 Å². The summed E-state index contributed by atoms with van der Waals surface area (Å²) < 4.78 is 31.0. The van der Waals surface area contributed by atoms with Crippen molar-refractivity contribution in [3.63, 3.8) is 0 Å². The molecule has 178 valence electrons. The fraction of sp³-hybridized carbons (Fsp3) is 0.455. The maximum Gasteiger partial charge on any atom is 0.313 e. The predicted octanol–water partition coefficient (Wildman–Crippen LogP) is 1.59. The fourth-order valence-corrected chi connectivity index (χ4v) is 6.05.